The van der Waals surface area contributed by atoms with Crippen molar-refractivity contribution in [2.45, 2.75) is 13.5 Å². The molecule has 19 heavy (non-hydrogen) atoms. The van der Waals surface area contributed by atoms with Crippen molar-refractivity contribution in [1.29, 1.82) is 0 Å². The number of hydrogen-bond acceptors (Lipinski definition) is 3. The standard InChI is InChI=1S/C14H15FN2OS/c1-10-6-7-19-13(10)8-16-9-14(18)17-12-5-3-2-4-11(12)15/h2-7,16H,8-9H2,1H3,(H,17,18). The second-order valence-corrected chi connectivity index (χ2v) is 5.16. The zero-order valence-corrected chi connectivity index (χ0v) is 11.4. The highest BCUT2D eigenvalue weighted by Crippen LogP contribution is 2.15. The number of para-hydroxylation sites is 1. The monoisotopic (exact) mass is 278 g/mol. The molecule has 1 aromatic carbocycles. The highest BCUT2D eigenvalue weighted by atomic mass is 32.1. The molecule has 100 valence electrons. The summed E-state index contributed by atoms with van der Waals surface area (Å²) in [4.78, 5) is 12.8. The Hall–Kier alpha value is -1.72. The molecule has 0 radical (unpaired) electrons. The first-order valence-corrected chi connectivity index (χ1v) is 6.83. The van der Waals surface area contributed by atoms with Crippen LogP contribution in [0.25, 0.3) is 0 Å². The molecule has 0 aliphatic rings. The van der Waals surface area contributed by atoms with Gasteiger partial charge in [-0.25, -0.2) is 4.39 Å². The van der Waals surface area contributed by atoms with Gasteiger partial charge in [0.05, 0.1) is 12.2 Å². The minimum Gasteiger partial charge on any atom is -0.322 e. The molecule has 0 saturated heterocycles. The summed E-state index contributed by atoms with van der Waals surface area (Å²) in [6, 6.07) is 8.17. The average Bonchev–Trinajstić information content (AvgIpc) is 2.78. The molecule has 1 heterocycles. The maximum Gasteiger partial charge on any atom is 0.238 e. The molecule has 2 aromatic rings. The van der Waals surface area contributed by atoms with E-state index in [0.29, 0.717) is 6.54 Å². The number of halogens is 1. The molecule has 1 aromatic heterocycles. The lowest BCUT2D eigenvalue weighted by Crippen LogP contribution is -2.27. The van der Waals surface area contributed by atoms with Gasteiger partial charge in [-0.05, 0) is 36.1 Å². The van der Waals surface area contributed by atoms with Crippen LogP contribution in [-0.2, 0) is 11.3 Å². The van der Waals surface area contributed by atoms with Crippen molar-refractivity contribution in [3.8, 4) is 0 Å². The Morgan fingerprint density at radius 3 is 2.79 bits per heavy atom. The Morgan fingerprint density at radius 1 is 1.32 bits per heavy atom. The Balaban J connectivity index is 1.79. The molecule has 2 rings (SSSR count). The molecule has 0 saturated carbocycles. The van der Waals surface area contributed by atoms with Gasteiger partial charge in [0.2, 0.25) is 5.91 Å². The second-order valence-electron chi connectivity index (χ2n) is 4.16. The number of benzene rings is 1. The third-order valence-corrected chi connectivity index (χ3v) is 3.71. The fraction of sp³-hybridized carbons (Fsp3) is 0.214. The van der Waals surface area contributed by atoms with E-state index in [-0.39, 0.29) is 18.1 Å². The highest BCUT2D eigenvalue weighted by molar-refractivity contribution is 7.10. The number of amides is 1. The van der Waals surface area contributed by atoms with Gasteiger partial charge < -0.3 is 10.6 Å². The number of carbonyl (C=O) groups excluding carboxylic acids is 1. The Bertz CT molecular complexity index is 568. The first-order chi connectivity index (χ1) is 9.16. The summed E-state index contributed by atoms with van der Waals surface area (Å²) in [5.74, 6) is -0.677. The minimum atomic E-state index is -0.426. The van der Waals surface area contributed by atoms with Crippen LogP contribution in [0, 0.1) is 12.7 Å². The van der Waals surface area contributed by atoms with Crippen LogP contribution in [0.2, 0.25) is 0 Å². The van der Waals surface area contributed by atoms with E-state index >= 15 is 0 Å². The van der Waals surface area contributed by atoms with Crippen LogP contribution in [-0.4, -0.2) is 12.5 Å². The van der Waals surface area contributed by atoms with Gasteiger partial charge in [-0.1, -0.05) is 12.1 Å². The lowest BCUT2D eigenvalue weighted by molar-refractivity contribution is -0.115. The summed E-state index contributed by atoms with van der Waals surface area (Å²) in [7, 11) is 0. The molecule has 3 nitrogen and oxygen atoms in total. The summed E-state index contributed by atoms with van der Waals surface area (Å²) in [5.41, 5.74) is 1.42. The van der Waals surface area contributed by atoms with Gasteiger partial charge in [-0.2, -0.15) is 0 Å². The van der Waals surface area contributed by atoms with E-state index in [1.807, 2.05) is 18.4 Å². The van der Waals surface area contributed by atoms with Crippen molar-refractivity contribution < 1.29 is 9.18 Å². The number of nitrogens with one attached hydrogen (secondary N) is 2. The van der Waals surface area contributed by atoms with E-state index in [1.54, 1.807) is 23.5 Å². The fourth-order valence-corrected chi connectivity index (χ4v) is 2.51. The first-order valence-electron chi connectivity index (χ1n) is 5.95. The van der Waals surface area contributed by atoms with Gasteiger partial charge in [0.1, 0.15) is 5.82 Å². The van der Waals surface area contributed by atoms with Crippen LogP contribution in [0.3, 0.4) is 0 Å². The smallest absolute Gasteiger partial charge is 0.238 e. The third-order valence-electron chi connectivity index (χ3n) is 2.69. The summed E-state index contributed by atoms with van der Waals surface area (Å²) >= 11 is 1.65. The number of aryl methyl sites for hydroxylation is 1. The van der Waals surface area contributed by atoms with E-state index in [2.05, 4.69) is 10.6 Å². The van der Waals surface area contributed by atoms with Crippen molar-refractivity contribution in [3.05, 3.63) is 52.0 Å². The molecular formula is C14H15FN2OS. The summed E-state index contributed by atoms with van der Waals surface area (Å²) in [6.07, 6.45) is 0. The quantitative estimate of drug-likeness (QED) is 0.883. The largest absolute Gasteiger partial charge is 0.322 e. The van der Waals surface area contributed by atoms with Crippen LogP contribution in [0.4, 0.5) is 10.1 Å². The molecule has 0 bridgehead atoms. The fourth-order valence-electron chi connectivity index (χ4n) is 1.63. The summed E-state index contributed by atoms with van der Waals surface area (Å²) in [5, 5.41) is 7.60. The molecule has 0 unspecified atom stereocenters. The predicted octanol–water partition coefficient (Wildman–Crippen LogP) is 2.92. The number of carbonyl (C=O) groups is 1. The number of anilines is 1. The molecule has 2 N–H and O–H groups in total. The van der Waals surface area contributed by atoms with Crippen LogP contribution < -0.4 is 10.6 Å². The lowest BCUT2D eigenvalue weighted by atomic mass is 10.3. The maximum absolute atomic E-state index is 13.3. The van der Waals surface area contributed by atoms with E-state index < -0.39 is 5.82 Å². The van der Waals surface area contributed by atoms with Crippen molar-refractivity contribution in [2.75, 3.05) is 11.9 Å². The van der Waals surface area contributed by atoms with Crippen LogP contribution in [0.5, 0.6) is 0 Å². The Kier molecular flexibility index (Phi) is 4.65. The second kappa shape index (κ2) is 6.45. The van der Waals surface area contributed by atoms with Gasteiger partial charge in [0.15, 0.2) is 0 Å². The van der Waals surface area contributed by atoms with Crippen LogP contribution >= 0.6 is 11.3 Å². The van der Waals surface area contributed by atoms with E-state index in [9.17, 15) is 9.18 Å². The number of hydrogen-bond donors (Lipinski definition) is 2. The van der Waals surface area contributed by atoms with Crippen molar-refractivity contribution in [3.63, 3.8) is 0 Å². The number of rotatable bonds is 5. The maximum atomic E-state index is 13.3. The zero-order chi connectivity index (χ0) is 13.7. The first kappa shape index (κ1) is 13.7. The molecule has 5 heteroatoms. The SMILES string of the molecule is Cc1ccsc1CNCC(=O)Nc1ccccc1F. The molecule has 0 atom stereocenters. The van der Waals surface area contributed by atoms with Crippen molar-refractivity contribution >= 4 is 22.9 Å². The molecule has 0 spiro atoms. The molecule has 0 fully saturated rings. The molecule has 0 aliphatic heterocycles. The average molecular weight is 278 g/mol. The lowest BCUT2D eigenvalue weighted by Gasteiger charge is -2.07. The van der Waals surface area contributed by atoms with Gasteiger partial charge in [0, 0.05) is 11.4 Å². The van der Waals surface area contributed by atoms with E-state index in [0.717, 1.165) is 0 Å². The van der Waals surface area contributed by atoms with E-state index in [1.165, 1.54) is 22.6 Å². The Morgan fingerprint density at radius 2 is 2.11 bits per heavy atom. The van der Waals surface area contributed by atoms with Gasteiger partial charge in [-0.15, -0.1) is 11.3 Å². The minimum absolute atomic E-state index is 0.158. The molecule has 1 amide bonds. The van der Waals surface area contributed by atoms with Crippen molar-refractivity contribution in [2.24, 2.45) is 0 Å². The van der Waals surface area contributed by atoms with Crippen molar-refractivity contribution in [1.82, 2.24) is 5.32 Å². The summed E-state index contributed by atoms with van der Waals surface area (Å²) in [6.45, 7) is 2.84. The van der Waals surface area contributed by atoms with Crippen LogP contribution in [0.15, 0.2) is 35.7 Å². The van der Waals surface area contributed by atoms with Gasteiger partial charge in [-0.3, -0.25) is 4.79 Å². The van der Waals surface area contributed by atoms with Gasteiger partial charge in [0.25, 0.3) is 0 Å². The van der Waals surface area contributed by atoms with Crippen LogP contribution in [0.1, 0.15) is 10.4 Å². The summed E-state index contributed by atoms with van der Waals surface area (Å²) < 4.78 is 13.3. The molecule has 0 aliphatic carbocycles. The number of thiophene rings is 1. The zero-order valence-electron chi connectivity index (χ0n) is 10.6. The van der Waals surface area contributed by atoms with E-state index in [4.69, 9.17) is 0 Å². The molecular weight excluding hydrogens is 263 g/mol. The third kappa shape index (κ3) is 3.87. The highest BCUT2D eigenvalue weighted by Gasteiger charge is 2.06. The Labute approximate surface area is 115 Å². The normalized spacial score (nSPS) is 10.4. The van der Waals surface area contributed by atoms with Gasteiger partial charge >= 0.3 is 0 Å². The predicted molar refractivity (Wildman–Crippen MR) is 75.8 cm³/mol. The topological polar surface area (TPSA) is 41.1 Å².